The summed E-state index contributed by atoms with van der Waals surface area (Å²) < 4.78 is 32.7. The Bertz CT molecular complexity index is 793. The van der Waals surface area contributed by atoms with Crippen molar-refractivity contribution in [1.29, 1.82) is 0 Å². The van der Waals surface area contributed by atoms with Gasteiger partial charge in [0.15, 0.2) is 5.84 Å². The van der Waals surface area contributed by atoms with Crippen LogP contribution in [-0.4, -0.2) is 31.3 Å². The number of ether oxygens (including phenoxy) is 1. The molecule has 0 aliphatic carbocycles. The summed E-state index contributed by atoms with van der Waals surface area (Å²) in [5.41, 5.74) is 5.75. The van der Waals surface area contributed by atoms with Gasteiger partial charge >= 0.3 is 0 Å². The van der Waals surface area contributed by atoms with Gasteiger partial charge in [-0.1, -0.05) is 23.7 Å². The Morgan fingerprint density at radius 2 is 2.05 bits per heavy atom. The van der Waals surface area contributed by atoms with Gasteiger partial charge in [0.2, 0.25) is 5.88 Å². The summed E-state index contributed by atoms with van der Waals surface area (Å²) in [4.78, 5) is 7.65. The first-order chi connectivity index (χ1) is 9.94. The van der Waals surface area contributed by atoms with Crippen LogP contribution in [0.2, 0.25) is 5.02 Å². The molecule has 0 bridgehead atoms. The SMILES string of the molecule is COc1cncc(/C(N)=N/S(=O)(=O)c2ccccc2Cl)n1. The molecule has 110 valence electrons. The zero-order chi connectivity index (χ0) is 15.5. The minimum absolute atomic E-state index is 0.0609. The van der Waals surface area contributed by atoms with Crippen molar-refractivity contribution in [3.05, 3.63) is 47.4 Å². The van der Waals surface area contributed by atoms with E-state index in [9.17, 15) is 8.42 Å². The molecular formula is C12H11ClN4O3S. The molecule has 0 unspecified atom stereocenters. The summed E-state index contributed by atoms with van der Waals surface area (Å²) in [6, 6.07) is 5.94. The molecule has 0 spiro atoms. The van der Waals surface area contributed by atoms with Crippen LogP contribution in [0.1, 0.15) is 5.69 Å². The van der Waals surface area contributed by atoms with Gasteiger partial charge in [0.05, 0.1) is 24.5 Å². The highest BCUT2D eigenvalue weighted by Gasteiger charge is 2.18. The topological polar surface area (TPSA) is 108 Å². The number of aromatic nitrogens is 2. The Balaban J connectivity index is 2.44. The summed E-state index contributed by atoms with van der Waals surface area (Å²) in [6.07, 6.45) is 2.64. The van der Waals surface area contributed by atoms with E-state index in [1.165, 1.54) is 37.7 Å². The molecule has 2 aromatic rings. The van der Waals surface area contributed by atoms with Gasteiger partial charge in [-0.15, -0.1) is 4.40 Å². The standard InChI is InChI=1S/C12H11ClN4O3S/c1-20-11-7-15-6-9(16-11)12(14)17-21(18,19)10-5-3-2-4-8(10)13/h2-7H,1H3,(H2,14,17). The van der Waals surface area contributed by atoms with Crippen molar-refractivity contribution in [3.63, 3.8) is 0 Å². The van der Waals surface area contributed by atoms with E-state index in [1.807, 2.05) is 0 Å². The predicted octanol–water partition coefficient (Wildman–Crippen LogP) is 1.23. The molecule has 21 heavy (non-hydrogen) atoms. The number of rotatable bonds is 4. The second kappa shape index (κ2) is 6.06. The minimum Gasteiger partial charge on any atom is -0.480 e. The fourth-order valence-corrected chi connectivity index (χ4v) is 2.89. The van der Waals surface area contributed by atoms with Crippen LogP contribution in [0, 0.1) is 0 Å². The molecule has 2 N–H and O–H groups in total. The van der Waals surface area contributed by atoms with Crippen LogP contribution in [0.15, 0.2) is 46.0 Å². The van der Waals surface area contributed by atoms with Crippen molar-refractivity contribution < 1.29 is 13.2 Å². The molecule has 7 nitrogen and oxygen atoms in total. The van der Waals surface area contributed by atoms with Gasteiger partial charge in [-0.3, -0.25) is 4.98 Å². The maximum atomic E-state index is 12.2. The molecule has 0 aliphatic heterocycles. The Morgan fingerprint density at radius 1 is 1.33 bits per heavy atom. The number of hydrogen-bond donors (Lipinski definition) is 1. The number of benzene rings is 1. The zero-order valence-electron chi connectivity index (χ0n) is 10.9. The number of methoxy groups -OCH3 is 1. The molecule has 0 radical (unpaired) electrons. The predicted molar refractivity (Wildman–Crippen MR) is 77.9 cm³/mol. The van der Waals surface area contributed by atoms with E-state index >= 15 is 0 Å². The number of hydrogen-bond acceptors (Lipinski definition) is 5. The van der Waals surface area contributed by atoms with Gasteiger partial charge in [-0.25, -0.2) is 4.98 Å². The van der Waals surface area contributed by atoms with Gasteiger partial charge in [-0.05, 0) is 12.1 Å². The normalized spacial score (nSPS) is 12.2. The van der Waals surface area contributed by atoms with Gasteiger partial charge in [0, 0.05) is 0 Å². The van der Waals surface area contributed by atoms with E-state index in [1.54, 1.807) is 6.07 Å². The van der Waals surface area contributed by atoms with Crippen LogP contribution in [0.3, 0.4) is 0 Å². The molecule has 9 heteroatoms. The molecule has 1 heterocycles. The number of amidine groups is 1. The molecule has 0 saturated heterocycles. The van der Waals surface area contributed by atoms with E-state index in [4.69, 9.17) is 22.1 Å². The highest BCUT2D eigenvalue weighted by molar-refractivity contribution is 7.90. The average molecular weight is 327 g/mol. The van der Waals surface area contributed by atoms with Crippen LogP contribution < -0.4 is 10.5 Å². The fourth-order valence-electron chi connectivity index (χ4n) is 1.45. The molecule has 1 aromatic carbocycles. The molecule has 0 atom stereocenters. The number of nitrogens with two attached hydrogens (primary N) is 1. The Kier molecular flexibility index (Phi) is 4.39. The van der Waals surface area contributed by atoms with Crippen molar-refractivity contribution in [3.8, 4) is 5.88 Å². The summed E-state index contributed by atoms with van der Waals surface area (Å²) in [5, 5.41) is 0.0609. The molecule has 0 saturated carbocycles. The third kappa shape index (κ3) is 3.47. The monoisotopic (exact) mass is 326 g/mol. The maximum absolute atomic E-state index is 12.2. The molecule has 0 amide bonds. The molecular weight excluding hydrogens is 316 g/mol. The van der Waals surface area contributed by atoms with Crippen LogP contribution in [0.5, 0.6) is 5.88 Å². The average Bonchev–Trinajstić information content (AvgIpc) is 2.47. The molecule has 1 aromatic heterocycles. The van der Waals surface area contributed by atoms with Gasteiger partial charge in [0.1, 0.15) is 10.6 Å². The Hall–Kier alpha value is -2.19. The van der Waals surface area contributed by atoms with Gasteiger partial charge in [0.25, 0.3) is 10.0 Å². The number of nitrogens with zero attached hydrogens (tertiary/aromatic N) is 3. The maximum Gasteiger partial charge on any atom is 0.285 e. The highest BCUT2D eigenvalue weighted by atomic mass is 35.5. The second-order valence-corrected chi connectivity index (χ2v) is 5.81. The first-order valence-corrected chi connectivity index (χ1v) is 7.47. The van der Waals surface area contributed by atoms with E-state index in [-0.39, 0.29) is 27.3 Å². The lowest BCUT2D eigenvalue weighted by molar-refractivity contribution is 0.395. The van der Waals surface area contributed by atoms with Crippen molar-refractivity contribution in [2.45, 2.75) is 4.90 Å². The first-order valence-electron chi connectivity index (χ1n) is 5.65. The van der Waals surface area contributed by atoms with Crippen LogP contribution in [0.4, 0.5) is 0 Å². The first kappa shape index (κ1) is 15.2. The Labute approximate surface area is 126 Å². The van der Waals surface area contributed by atoms with E-state index < -0.39 is 10.0 Å². The summed E-state index contributed by atoms with van der Waals surface area (Å²) in [7, 11) is -2.63. The van der Waals surface area contributed by atoms with Crippen molar-refractivity contribution >= 4 is 27.5 Å². The lowest BCUT2D eigenvalue weighted by atomic mass is 10.4. The molecule has 0 aliphatic rings. The number of sulfonamides is 1. The fraction of sp³-hybridized carbons (Fsp3) is 0.0833. The quantitative estimate of drug-likeness (QED) is 0.669. The smallest absolute Gasteiger partial charge is 0.285 e. The minimum atomic E-state index is -4.04. The lowest BCUT2D eigenvalue weighted by Gasteiger charge is -2.04. The largest absolute Gasteiger partial charge is 0.480 e. The van der Waals surface area contributed by atoms with E-state index in [2.05, 4.69) is 14.4 Å². The van der Waals surface area contributed by atoms with E-state index in [0.717, 1.165) is 0 Å². The number of halogens is 1. The van der Waals surface area contributed by atoms with Gasteiger partial charge < -0.3 is 10.5 Å². The third-order valence-corrected chi connectivity index (χ3v) is 4.21. The van der Waals surface area contributed by atoms with Crippen LogP contribution in [0.25, 0.3) is 0 Å². The lowest BCUT2D eigenvalue weighted by Crippen LogP contribution is -2.18. The Morgan fingerprint density at radius 3 is 2.71 bits per heavy atom. The molecule has 0 fully saturated rings. The summed E-state index contributed by atoms with van der Waals surface area (Å²) in [6.45, 7) is 0. The van der Waals surface area contributed by atoms with Crippen LogP contribution in [-0.2, 0) is 10.0 Å². The highest BCUT2D eigenvalue weighted by Crippen LogP contribution is 2.22. The van der Waals surface area contributed by atoms with Crippen LogP contribution >= 0.6 is 11.6 Å². The summed E-state index contributed by atoms with van der Waals surface area (Å²) >= 11 is 5.85. The molecule has 2 rings (SSSR count). The summed E-state index contributed by atoms with van der Waals surface area (Å²) in [5.74, 6) is -0.109. The van der Waals surface area contributed by atoms with Crippen molar-refractivity contribution in [2.75, 3.05) is 7.11 Å². The van der Waals surface area contributed by atoms with Crippen molar-refractivity contribution in [2.24, 2.45) is 10.1 Å². The third-order valence-electron chi connectivity index (χ3n) is 2.42. The second-order valence-electron chi connectivity index (χ2n) is 3.83. The van der Waals surface area contributed by atoms with E-state index in [0.29, 0.717) is 0 Å². The van der Waals surface area contributed by atoms with Crippen molar-refractivity contribution in [1.82, 2.24) is 9.97 Å². The zero-order valence-corrected chi connectivity index (χ0v) is 12.5. The van der Waals surface area contributed by atoms with Gasteiger partial charge in [-0.2, -0.15) is 8.42 Å².